The molecule has 0 radical (unpaired) electrons. The zero-order chi connectivity index (χ0) is 18.7. The van der Waals surface area contributed by atoms with Crippen molar-refractivity contribution >= 4 is 51.3 Å². The first-order valence-corrected chi connectivity index (χ1v) is 8.34. The maximum Gasteiger partial charge on any atom is 0.270 e. The van der Waals surface area contributed by atoms with E-state index in [9.17, 15) is 15.2 Å². The van der Waals surface area contributed by atoms with E-state index in [0.29, 0.717) is 16.3 Å². The quantitative estimate of drug-likeness (QED) is 0.352. The summed E-state index contributed by atoms with van der Waals surface area (Å²) in [6.07, 6.45) is 0. The number of carbonyl (C=O) groups is 1. The molecule has 0 saturated heterocycles. The van der Waals surface area contributed by atoms with Gasteiger partial charge in [0.05, 0.1) is 10.0 Å². The molecule has 128 valence electrons. The van der Waals surface area contributed by atoms with Crippen molar-refractivity contribution in [3.05, 3.63) is 81.8 Å². The molecule has 3 aromatic carbocycles. The van der Waals surface area contributed by atoms with Crippen LogP contribution < -0.4 is 5.32 Å². The van der Waals surface area contributed by atoms with Gasteiger partial charge in [0.25, 0.3) is 5.91 Å². The summed E-state index contributed by atoms with van der Waals surface area (Å²) in [7, 11) is 0. The van der Waals surface area contributed by atoms with Crippen molar-refractivity contribution in [2.24, 2.45) is 0 Å². The number of halogens is 2. The van der Waals surface area contributed by atoms with Crippen molar-refractivity contribution in [3.63, 3.8) is 0 Å². The number of fused-ring (bicyclic) bond motifs is 1. The second-order valence-corrected chi connectivity index (χ2v) is 6.29. The predicted molar refractivity (Wildman–Crippen MR) is 104 cm³/mol. The van der Waals surface area contributed by atoms with Gasteiger partial charge < -0.3 is 10.4 Å². The van der Waals surface area contributed by atoms with Gasteiger partial charge in [-0.25, -0.2) is 0 Å². The topological polar surface area (TPSA) is 73.1 Å². The highest BCUT2D eigenvalue weighted by atomic mass is 35.5. The Kier molecular flexibility index (Phi) is 5.13. The number of aliphatic hydroxyl groups excluding tert-OH is 1. The summed E-state index contributed by atoms with van der Waals surface area (Å²) in [5.74, 6) is -1.13. The number of hydrogen-bond acceptors (Lipinski definition) is 3. The molecule has 0 heterocycles. The second kappa shape index (κ2) is 7.49. The first-order chi connectivity index (χ1) is 12.5. The summed E-state index contributed by atoms with van der Waals surface area (Å²) in [6, 6.07) is 19.1. The maximum atomic E-state index is 12.4. The number of carbonyl (C=O) groups excluding carboxylic acids is 1. The van der Waals surface area contributed by atoms with E-state index < -0.39 is 17.2 Å². The zero-order valence-corrected chi connectivity index (χ0v) is 14.8. The lowest BCUT2D eigenvalue weighted by molar-refractivity contribution is -0.112. The molecule has 0 aliphatic heterocycles. The summed E-state index contributed by atoms with van der Waals surface area (Å²) in [4.78, 5) is 12.4. The van der Waals surface area contributed by atoms with Crippen LogP contribution in [0.15, 0.2) is 66.2 Å². The molecular weight excluding hydrogens is 371 g/mol. The third-order valence-corrected chi connectivity index (χ3v) is 4.52. The summed E-state index contributed by atoms with van der Waals surface area (Å²) in [5.41, 5.74) is 0.347. The Balaban J connectivity index is 1.95. The van der Waals surface area contributed by atoms with Gasteiger partial charge >= 0.3 is 0 Å². The molecule has 0 atom stereocenters. The van der Waals surface area contributed by atoms with E-state index >= 15 is 0 Å². The van der Waals surface area contributed by atoms with Gasteiger partial charge in [0, 0.05) is 11.3 Å². The molecule has 0 aromatic heterocycles. The molecule has 3 rings (SSSR count). The van der Waals surface area contributed by atoms with Gasteiger partial charge in [0.1, 0.15) is 11.8 Å². The number of amides is 1. The minimum absolute atomic E-state index is 0.269. The van der Waals surface area contributed by atoms with E-state index in [1.165, 1.54) is 12.1 Å². The van der Waals surface area contributed by atoms with Gasteiger partial charge in [-0.1, -0.05) is 59.6 Å². The molecule has 2 N–H and O–H groups in total. The number of nitrogens with zero attached hydrogens (tertiary/aromatic N) is 1. The molecular formula is C20H12Cl2N2O2. The van der Waals surface area contributed by atoms with Crippen LogP contribution in [0.5, 0.6) is 0 Å². The fourth-order valence-corrected chi connectivity index (χ4v) is 2.76. The Hall–Kier alpha value is -3.00. The smallest absolute Gasteiger partial charge is 0.270 e. The average Bonchev–Trinajstić information content (AvgIpc) is 2.65. The average molecular weight is 383 g/mol. The van der Waals surface area contributed by atoms with E-state index in [2.05, 4.69) is 5.32 Å². The molecule has 0 fully saturated rings. The SMILES string of the molecule is N#C/C(C(=O)Nc1ccc(Cl)c(Cl)c1)=C(/O)c1ccc2ccccc2c1. The van der Waals surface area contributed by atoms with Crippen LogP contribution in [0.3, 0.4) is 0 Å². The lowest BCUT2D eigenvalue weighted by Gasteiger charge is -2.08. The monoisotopic (exact) mass is 382 g/mol. The third-order valence-electron chi connectivity index (χ3n) is 3.78. The molecule has 26 heavy (non-hydrogen) atoms. The summed E-state index contributed by atoms with van der Waals surface area (Å²) in [6.45, 7) is 0. The van der Waals surface area contributed by atoms with Gasteiger partial charge in [0.2, 0.25) is 0 Å². The first-order valence-electron chi connectivity index (χ1n) is 7.58. The number of nitrogens with one attached hydrogen (secondary N) is 1. The zero-order valence-electron chi connectivity index (χ0n) is 13.3. The Labute approximate surface area is 159 Å². The minimum atomic E-state index is -0.739. The van der Waals surface area contributed by atoms with Gasteiger partial charge in [-0.2, -0.15) is 5.26 Å². The molecule has 4 nitrogen and oxygen atoms in total. The molecule has 0 bridgehead atoms. The third kappa shape index (κ3) is 3.65. The molecule has 0 spiro atoms. The van der Waals surface area contributed by atoms with E-state index in [1.54, 1.807) is 24.3 Å². The number of aliphatic hydroxyl groups is 1. The summed E-state index contributed by atoms with van der Waals surface area (Å²) in [5, 5.41) is 24.8. The van der Waals surface area contributed by atoms with Gasteiger partial charge in [-0.15, -0.1) is 0 Å². The van der Waals surface area contributed by atoms with E-state index in [0.717, 1.165) is 10.8 Å². The Bertz CT molecular complexity index is 1080. The Morgan fingerprint density at radius 2 is 1.69 bits per heavy atom. The van der Waals surface area contributed by atoms with Crippen molar-refractivity contribution in [3.8, 4) is 6.07 Å². The normalized spacial score (nSPS) is 11.6. The largest absolute Gasteiger partial charge is 0.506 e. The van der Waals surface area contributed by atoms with Crippen LogP contribution >= 0.6 is 23.2 Å². The van der Waals surface area contributed by atoms with Crippen molar-refractivity contribution in [1.82, 2.24) is 0 Å². The van der Waals surface area contributed by atoms with Crippen molar-refractivity contribution in [2.75, 3.05) is 5.32 Å². The van der Waals surface area contributed by atoms with Crippen LogP contribution in [0.2, 0.25) is 10.0 Å². The van der Waals surface area contributed by atoms with Crippen LogP contribution in [0.1, 0.15) is 5.56 Å². The predicted octanol–water partition coefficient (Wildman–Crippen LogP) is 5.58. The van der Waals surface area contributed by atoms with Gasteiger partial charge in [0.15, 0.2) is 5.57 Å². The number of anilines is 1. The van der Waals surface area contributed by atoms with Gasteiger partial charge in [-0.05, 0) is 35.0 Å². The minimum Gasteiger partial charge on any atom is -0.506 e. The van der Waals surface area contributed by atoms with Crippen LogP contribution in [0.4, 0.5) is 5.69 Å². The second-order valence-electron chi connectivity index (χ2n) is 5.48. The number of nitriles is 1. The van der Waals surface area contributed by atoms with Crippen LogP contribution in [-0.2, 0) is 4.79 Å². The molecule has 0 aliphatic rings. The van der Waals surface area contributed by atoms with E-state index in [1.807, 2.05) is 30.3 Å². The van der Waals surface area contributed by atoms with Crippen LogP contribution in [0, 0.1) is 11.3 Å². The summed E-state index contributed by atoms with van der Waals surface area (Å²) >= 11 is 11.8. The number of hydrogen-bond donors (Lipinski definition) is 2. The number of benzene rings is 3. The molecule has 0 saturated carbocycles. The maximum absolute atomic E-state index is 12.4. The fraction of sp³-hybridized carbons (Fsp3) is 0. The molecule has 0 unspecified atom stereocenters. The van der Waals surface area contributed by atoms with Gasteiger partial charge in [-0.3, -0.25) is 4.79 Å². The van der Waals surface area contributed by atoms with Crippen LogP contribution in [-0.4, -0.2) is 11.0 Å². The fourth-order valence-electron chi connectivity index (χ4n) is 2.46. The first kappa shape index (κ1) is 17.8. The van der Waals surface area contributed by atoms with Crippen LogP contribution in [0.25, 0.3) is 16.5 Å². The lowest BCUT2D eigenvalue weighted by atomic mass is 10.0. The number of rotatable bonds is 3. The highest BCUT2D eigenvalue weighted by molar-refractivity contribution is 6.42. The highest BCUT2D eigenvalue weighted by Crippen LogP contribution is 2.26. The van der Waals surface area contributed by atoms with E-state index in [-0.39, 0.29) is 5.02 Å². The molecule has 1 amide bonds. The van der Waals surface area contributed by atoms with Crippen molar-refractivity contribution < 1.29 is 9.90 Å². The van der Waals surface area contributed by atoms with Crippen molar-refractivity contribution in [2.45, 2.75) is 0 Å². The summed E-state index contributed by atoms with van der Waals surface area (Å²) < 4.78 is 0. The molecule has 6 heteroatoms. The Morgan fingerprint density at radius 3 is 2.38 bits per heavy atom. The van der Waals surface area contributed by atoms with Crippen molar-refractivity contribution in [1.29, 1.82) is 5.26 Å². The van der Waals surface area contributed by atoms with E-state index in [4.69, 9.17) is 23.2 Å². The Morgan fingerprint density at radius 1 is 0.962 bits per heavy atom. The molecule has 3 aromatic rings. The lowest BCUT2D eigenvalue weighted by Crippen LogP contribution is -2.15. The highest BCUT2D eigenvalue weighted by Gasteiger charge is 2.17. The molecule has 0 aliphatic carbocycles. The standard InChI is InChI=1S/C20H12Cl2N2O2/c21-17-8-7-15(10-18(17)22)24-20(26)16(11-23)19(25)14-6-5-12-3-1-2-4-13(12)9-14/h1-10,25H,(H,24,26)/b19-16-.